The van der Waals surface area contributed by atoms with Crippen LogP contribution in [-0.4, -0.2) is 42.3 Å². The molecule has 4 nitrogen and oxygen atoms in total. The van der Waals surface area contributed by atoms with Gasteiger partial charge in [0.05, 0.1) is 0 Å². The number of hydrogen-bond donors (Lipinski definition) is 1. The molecular weight excluding hydrogens is 288 g/mol. The minimum absolute atomic E-state index is 0.158. The summed E-state index contributed by atoms with van der Waals surface area (Å²) in [5.41, 5.74) is -0.410. The summed E-state index contributed by atoms with van der Waals surface area (Å²) in [4.78, 5) is 14.1. The molecule has 1 rings (SSSR count). The number of ether oxygens (including phenoxy) is 1. The molecule has 23 heavy (non-hydrogen) atoms. The van der Waals surface area contributed by atoms with E-state index < -0.39 is 5.60 Å². The van der Waals surface area contributed by atoms with Crippen molar-refractivity contribution in [1.29, 1.82) is 0 Å². The number of carbonyl (C=O) groups is 1. The Balaban J connectivity index is 2.29. The summed E-state index contributed by atoms with van der Waals surface area (Å²) in [6.07, 6.45) is 8.69. The molecule has 0 aromatic rings. The maximum absolute atomic E-state index is 12.2. The van der Waals surface area contributed by atoms with Gasteiger partial charge in [-0.1, -0.05) is 32.6 Å². The number of hydrogen-bond acceptors (Lipinski definition) is 3. The van der Waals surface area contributed by atoms with Crippen molar-refractivity contribution >= 4 is 6.09 Å². The largest absolute Gasteiger partial charge is 0.444 e. The van der Waals surface area contributed by atoms with Gasteiger partial charge in [-0.15, -0.1) is 0 Å². The summed E-state index contributed by atoms with van der Waals surface area (Å²) in [7, 11) is 0. The highest BCUT2D eigenvalue weighted by atomic mass is 16.6. The van der Waals surface area contributed by atoms with Crippen molar-refractivity contribution in [1.82, 2.24) is 10.2 Å². The fourth-order valence-corrected chi connectivity index (χ4v) is 3.14. The van der Waals surface area contributed by atoms with E-state index in [-0.39, 0.29) is 6.09 Å². The van der Waals surface area contributed by atoms with Crippen molar-refractivity contribution in [2.45, 2.75) is 91.2 Å². The first kappa shape index (κ1) is 20.3. The van der Waals surface area contributed by atoms with Gasteiger partial charge in [0.2, 0.25) is 0 Å². The van der Waals surface area contributed by atoms with Crippen LogP contribution in [0, 0.1) is 5.92 Å². The smallest absolute Gasteiger partial charge is 0.410 e. The highest BCUT2D eigenvalue weighted by Crippen LogP contribution is 2.22. The van der Waals surface area contributed by atoms with E-state index in [1.54, 1.807) is 0 Å². The van der Waals surface area contributed by atoms with E-state index in [2.05, 4.69) is 19.2 Å². The predicted octanol–water partition coefficient (Wildman–Crippen LogP) is 4.58. The van der Waals surface area contributed by atoms with Gasteiger partial charge in [0.15, 0.2) is 0 Å². The van der Waals surface area contributed by atoms with Crippen molar-refractivity contribution in [3.63, 3.8) is 0 Å². The number of piperidine rings is 1. The van der Waals surface area contributed by atoms with Crippen LogP contribution in [0.1, 0.15) is 79.6 Å². The van der Waals surface area contributed by atoms with Gasteiger partial charge in [-0.25, -0.2) is 4.79 Å². The molecule has 0 saturated carbocycles. The molecule has 2 unspecified atom stereocenters. The summed E-state index contributed by atoms with van der Waals surface area (Å²) in [5.74, 6) is 0.534. The van der Waals surface area contributed by atoms with Crippen molar-refractivity contribution in [3.05, 3.63) is 0 Å². The van der Waals surface area contributed by atoms with Crippen LogP contribution in [0.25, 0.3) is 0 Å². The van der Waals surface area contributed by atoms with Gasteiger partial charge in [0.25, 0.3) is 0 Å². The van der Waals surface area contributed by atoms with E-state index in [1.165, 1.54) is 38.5 Å². The number of carbonyl (C=O) groups excluding carboxylic acids is 1. The second kappa shape index (κ2) is 10.2. The highest BCUT2D eigenvalue weighted by Gasteiger charge is 2.29. The van der Waals surface area contributed by atoms with Crippen LogP contribution in [0.2, 0.25) is 0 Å². The fraction of sp³-hybridized carbons (Fsp3) is 0.947. The Morgan fingerprint density at radius 2 is 1.96 bits per heavy atom. The third-order valence-corrected chi connectivity index (χ3v) is 4.56. The van der Waals surface area contributed by atoms with Crippen LogP contribution in [0.5, 0.6) is 0 Å². The third kappa shape index (κ3) is 8.59. The molecule has 1 N–H and O–H groups in total. The zero-order valence-electron chi connectivity index (χ0n) is 16.0. The number of nitrogens with zero attached hydrogens (tertiary/aromatic N) is 1. The van der Waals surface area contributed by atoms with Crippen LogP contribution in [0.4, 0.5) is 4.79 Å². The SMILES string of the molecule is CCCCCCCNC(C)C1CCCN(C(=O)OC(C)(C)C)C1. The molecule has 1 heterocycles. The Kier molecular flexibility index (Phi) is 8.96. The van der Waals surface area contributed by atoms with Crippen molar-refractivity contribution < 1.29 is 9.53 Å². The van der Waals surface area contributed by atoms with Crippen LogP contribution >= 0.6 is 0 Å². The topological polar surface area (TPSA) is 41.6 Å². The van der Waals surface area contributed by atoms with E-state index in [9.17, 15) is 4.79 Å². The number of likely N-dealkylation sites (tertiary alicyclic amines) is 1. The predicted molar refractivity (Wildman–Crippen MR) is 96.8 cm³/mol. The molecule has 4 heteroatoms. The quantitative estimate of drug-likeness (QED) is 0.664. The molecule has 1 aliphatic heterocycles. The summed E-state index contributed by atoms with van der Waals surface area (Å²) < 4.78 is 5.51. The summed E-state index contributed by atoms with van der Waals surface area (Å²) in [6, 6.07) is 0.464. The molecule has 0 aliphatic carbocycles. The molecule has 0 aromatic heterocycles. The van der Waals surface area contributed by atoms with Gasteiger partial charge >= 0.3 is 6.09 Å². The van der Waals surface area contributed by atoms with Crippen molar-refractivity contribution in [2.24, 2.45) is 5.92 Å². The standard InChI is InChI=1S/C19H38N2O2/c1-6-7-8-9-10-13-20-16(2)17-12-11-14-21(15-17)18(22)23-19(3,4)5/h16-17,20H,6-15H2,1-5H3. The van der Waals surface area contributed by atoms with Gasteiger partial charge in [-0.3, -0.25) is 0 Å². The minimum Gasteiger partial charge on any atom is -0.444 e. The van der Waals surface area contributed by atoms with Crippen LogP contribution in [0.15, 0.2) is 0 Å². The Morgan fingerprint density at radius 3 is 2.61 bits per heavy atom. The van der Waals surface area contributed by atoms with Gasteiger partial charge in [-0.2, -0.15) is 0 Å². The number of rotatable bonds is 8. The summed E-state index contributed by atoms with van der Waals surface area (Å²) in [6.45, 7) is 13.0. The Labute approximate surface area is 143 Å². The monoisotopic (exact) mass is 326 g/mol. The number of unbranched alkanes of at least 4 members (excludes halogenated alkanes) is 4. The van der Waals surface area contributed by atoms with Gasteiger partial charge in [0, 0.05) is 19.1 Å². The molecule has 136 valence electrons. The molecule has 0 spiro atoms. The Bertz CT molecular complexity index is 339. The second-order valence-corrected chi connectivity index (χ2v) is 7.99. The van der Waals surface area contributed by atoms with E-state index in [0.29, 0.717) is 12.0 Å². The molecular formula is C19H38N2O2. The second-order valence-electron chi connectivity index (χ2n) is 7.99. The number of nitrogens with one attached hydrogen (secondary N) is 1. The number of amides is 1. The molecule has 1 saturated heterocycles. The fourth-order valence-electron chi connectivity index (χ4n) is 3.14. The Hall–Kier alpha value is -0.770. The zero-order valence-corrected chi connectivity index (χ0v) is 16.0. The molecule has 1 fully saturated rings. The lowest BCUT2D eigenvalue weighted by Gasteiger charge is -2.36. The highest BCUT2D eigenvalue weighted by molar-refractivity contribution is 5.68. The third-order valence-electron chi connectivity index (χ3n) is 4.56. The van der Waals surface area contributed by atoms with Crippen molar-refractivity contribution in [2.75, 3.05) is 19.6 Å². The van der Waals surface area contributed by atoms with E-state index in [4.69, 9.17) is 4.74 Å². The average molecular weight is 327 g/mol. The molecule has 0 radical (unpaired) electrons. The van der Waals surface area contributed by atoms with Crippen LogP contribution < -0.4 is 5.32 Å². The average Bonchev–Trinajstić information content (AvgIpc) is 2.49. The first-order valence-electron chi connectivity index (χ1n) is 9.54. The lowest BCUT2D eigenvalue weighted by atomic mass is 9.91. The van der Waals surface area contributed by atoms with Crippen molar-refractivity contribution in [3.8, 4) is 0 Å². The van der Waals surface area contributed by atoms with Crippen LogP contribution in [0.3, 0.4) is 0 Å². The minimum atomic E-state index is -0.410. The zero-order chi connectivity index (χ0) is 17.3. The molecule has 1 aliphatic rings. The van der Waals surface area contributed by atoms with E-state index in [1.807, 2.05) is 25.7 Å². The van der Waals surface area contributed by atoms with E-state index >= 15 is 0 Å². The lowest BCUT2D eigenvalue weighted by molar-refractivity contribution is 0.0148. The summed E-state index contributed by atoms with van der Waals surface area (Å²) in [5, 5.41) is 3.66. The molecule has 2 atom stereocenters. The first-order valence-corrected chi connectivity index (χ1v) is 9.54. The van der Waals surface area contributed by atoms with Gasteiger partial charge in [-0.05, 0) is 59.4 Å². The molecule has 0 bridgehead atoms. The molecule has 1 amide bonds. The van der Waals surface area contributed by atoms with Gasteiger partial charge < -0.3 is 15.0 Å². The van der Waals surface area contributed by atoms with E-state index in [0.717, 1.165) is 26.1 Å². The van der Waals surface area contributed by atoms with Gasteiger partial charge in [0.1, 0.15) is 5.60 Å². The lowest BCUT2D eigenvalue weighted by Crippen LogP contribution is -2.48. The van der Waals surface area contributed by atoms with Crippen LogP contribution in [-0.2, 0) is 4.74 Å². The maximum atomic E-state index is 12.2. The normalized spacial score (nSPS) is 20.4. The summed E-state index contributed by atoms with van der Waals surface area (Å²) >= 11 is 0. The Morgan fingerprint density at radius 1 is 1.26 bits per heavy atom. The maximum Gasteiger partial charge on any atom is 0.410 e. The first-order chi connectivity index (χ1) is 10.8. The molecule has 0 aromatic carbocycles.